The van der Waals surface area contributed by atoms with Gasteiger partial charge in [-0.3, -0.25) is 0 Å². The molecule has 1 unspecified atom stereocenters. The van der Waals surface area contributed by atoms with Crippen LogP contribution in [0.15, 0.2) is 24.3 Å². The van der Waals surface area contributed by atoms with Gasteiger partial charge in [0.25, 0.3) is 0 Å². The minimum Gasteiger partial charge on any atom is -0.207 e. The van der Waals surface area contributed by atoms with Crippen molar-refractivity contribution >= 4 is 11.6 Å². The van der Waals surface area contributed by atoms with E-state index in [2.05, 4.69) is 6.92 Å². The topological polar surface area (TPSA) is 0 Å². The maximum atomic E-state index is 12.7. The lowest BCUT2D eigenvalue weighted by Crippen LogP contribution is -2.03. The predicted molar refractivity (Wildman–Crippen MR) is 73.1 cm³/mol. The number of alkyl halides is 1. The van der Waals surface area contributed by atoms with Gasteiger partial charge in [-0.05, 0) is 30.5 Å². The molecule has 0 aliphatic carbocycles. The fourth-order valence-corrected chi connectivity index (χ4v) is 2.28. The lowest BCUT2D eigenvalue weighted by Gasteiger charge is -2.09. The molecule has 0 bridgehead atoms. The van der Waals surface area contributed by atoms with Gasteiger partial charge in [-0.25, -0.2) is 4.39 Å². The molecule has 1 rings (SSSR count). The Hall–Kier alpha value is -0.560. The molecule has 96 valence electrons. The molecule has 1 aromatic carbocycles. The molecule has 2 heteroatoms. The molecule has 0 saturated carbocycles. The lowest BCUT2D eigenvalue weighted by atomic mass is 10.0. The van der Waals surface area contributed by atoms with Crippen LogP contribution in [0.1, 0.15) is 51.0 Å². The van der Waals surface area contributed by atoms with Crippen LogP contribution >= 0.6 is 11.6 Å². The molecule has 0 spiro atoms. The van der Waals surface area contributed by atoms with Gasteiger partial charge in [0, 0.05) is 5.38 Å². The fourth-order valence-electron chi connectivity index (χ4n) is 1.95. The standard InChI is InChI=1S/C15H22ClF/c1-2-3-4-5-6-7-14(16)12-13-8-10-15(17)11-9-13/h8-11,14H,2-7,12H2,1H3. The highest BCUT2D eigenvalue weighted by Gasteiger charge is 2.05. The van der Waals surface area contributed by atoms with Gasteiger partial charge >= 0.3 is 0 Å². The maximum absolute atomic E-state index is 12.7. The van der Waals surface area contributed by atoms with Crippen LogP contribution in [0.3, 0.4) is 0 Å². The fraction of sp³-hybridized carbons (Fsp3) is 0.600. The van der Waals surface area contributed by atoms with Gasteiger partial charge in [0.05, 0.1) is 0 Å². The highest BCUT2D eigenvalue weighted by atomic mass is 35.5. The van der Waals surface area contributed by atoms with E-state index in [0.29, 0.717) is 0 Å². The number of halogens is 2. The highest BCUT2D eigenvalue weighted by Crippen LogP contribution is 2.16. The van der Waals surface area contributed by atoms with E-state index >= 15 is 0 Å². The van der Waals surface area contributed by atoms with Crippen LogP contribution in [0.25, 0.3) is 0 Å². The summed E-state index contributed by atoms with van der Waals surface area (Å²) in [6, 6.07) is 6.64. The van der Waals surface area contributed by atoms with Crippen LogP contribution < -0.4 is 0 Å². The van der Waals surface area contributed by atoms with E-state index in [1.807, 2.05) is 12.1 Å². The van der Waals surface area contributed by atoms with Crippen LogP contribution in [0.5, 0.6) is 0 Å². The third-order valence-electron chi connectivity index (χ3n) is 2.99. The van der Waals surface area contributed by atoms with E-state index in [0.717, 1.165) is 18.4 Å². The number of benzene rings is 1. The zero-order chi connectivity index (χ0) is 12.5. The predicted octanol–water partition coefficient (Wildman–Crippen LogP) is 5.34. The average molecular weight is 257 g/mol. The van der Waals surface area contributed by atoms with Crippen LogP contribution in [-0.4, -0.2) is 5.38 Å². The van der Waals surface area contributed by atoms with Gasteiger partial charge in [0.1, 0.15) is 5.82 Å². The van der Waals surface area contributed by atoms with E-state index in [-0.39, 0.29) is 11.2 Å². The number of unbranched alkanes of at least 4 members (excludes halogenated alkanes) is 4. The first-order valence-corrected chi connectivity index (χ1v) is 7.04. The summed E-state index contributed by atoms with van der Waals surface area (Å²) in [5.41, 5.74) is 1.12. The summed E-state index contributed by atoms with van der Waals surface area (Å²) >= 11 is 6.27. The van der Waals surface area contributed by atoms with Crippen molar-refractivity contribution in [1.29, 1.82) is 0 Å². The van der Waals surface area contributed by atoms with Gasteiger partial charge in [-0.15, -0.1) is 11.6 Å². The molecular weight excluding hydrogens is 235 g/mol. The molecule has 0 nitrogen and oxygen atoms in total. The Morgan fingerprint density at radius 3 is 2.35 bits per heavy atom. The molecule has 0 aliphatic heterocycles. The van der Waals surface area contributed by atoms with E-state index in [4.69, 9.17) is 11.6 Å². The second-order valence-electron chi connectivity index (χ2n) is 4.63. The highest BCUT2D eigenvalue weighted by molar-refractivity contribution is 6.20. The van der Waals surface area contributed by atoms with Crippen LogP contribution in [0.2, 0.25) is 0 Å². The summed E-state index contributed by atoms with van der Waals surface area (Å²) in [5.74, 6) is -0.181. The Morgan fingerprint density at radius 1 is 1.06 bits per heavy atom. The zero-order valence-corrected chi connectivity index (χ0v) is 11.3. The Balaban J connectivity index is 2.16. The third-order valence-corrected chi connectivity index (χ3v) is 3.36. The van der Waals surface area contributed by atoms with E-state index in [1.165, 1.54) is 44.2 Å². The Morgan fingerprint density at radius 2 is 1.71 bits per heavy atom. The molecule has 1 aromatic rings. The summed E-state index contributed by atoms with van der Waals surface area (Å²) < 4.78 is 12.7. The molecule has 0 heterocycles. The van der Waals surface area contributed by atoms with Gasteiger partial charge in [-0.1, -0.05) is 51.2 Å². The van der Waals surface area contributed by atoms with Crippen molar-refractivity contribution in [3.8, 4) is 0 Å². The molecule has 17 heavy (non-hydrogen) atoms. The minimum absolute atomic E-state index is 0.181. The monoisotopic (exact) mass is 256 g/mol. The van der Waals surface area contributed by atoms with Gasteiger partial charge in [-0.2, -0.15) is 0 Å². The maximum Gasteiger partial charge on any atom is 0.123 e. The first-order chi connectivity index (χ1) is 8.22. The summed E-state index contributed by atoms with van der Waals surface area (Å²) in [7, 11) is 0. The minimum atomic E-state index is -0.181. The first-order valence-electron chi connectivity index (χ1n) is 6.61. The van der Waals surface area contributed by atoms with Crippen molar-refractivity contribution in [2.45, 2.75) is 57.2 Å². The molecule has 1 atom stereocenters. The molecule has 0 aromatic heterocycles. The Bertz CT molecular complexity index is 294. The second-order valence-corrected chi connectivity index (χ2v) is 5.25. The molecule has 0 fully saturated rings. The molecule has 0 saturated heterocycles. The lowest BCUT2D eigenvalue weighted by molar-refractivity contribution is 0.592. The SMILES string of the molecule is CCCCCCCC(Cl)Cc1ccc(F)cc1. The number of rotatable bonds is 8. The summed E-state index contributed by atoms with van der Waals surface area (Å²) in [6.45, 7) is 2.22. The first kappa shape index (κ1) is 14.5. The van der Waals surface area contributed by atoms with Gasteiger partial charge < -0.3 is 0 Å². The van der Waals surface area contributed by atoms with Crippen LogP contribution in [-0.2, 0) is 6.42 Å². The molecular formula is C15H22ClF. The van der Waals surface area contributed by atoms with Crippen molar-refractivity contribution in [3.63, 3.8) is 0 Å². The zero-order valence-electron chi connectivity index (χ0n) is 10.6. The van der Waals surface area contributed by atoms with E-state index in [1.54, 1.807) is 0 Å². The largest absolute Gasteiger partial charge is 0.207 e. The van der Waals surface area contributed by atoms with Gasteiger partial charge in [0.2, 0.25) is 0 Å². The average Bonchev–Trinajstić information content (AvgIpc) is 2.32. The smallest absolute Gasteiger partial charge is 0.123 e. The van der Waals surface area contributed by atoms with Crippen LogP contribution in [0.4, 0.5) is 4.39 Å². The Kier molecular flexibility index (Phi) is 7.27. The van der Waals surface area contributed by atoms with Crippen molar-refractivity contribution < 1.29 is 4.39 Å². The molecule has 0 radical (unpaired) electrons. The molecule has 0 N–H and O–H groups in total. The van der Waals surface area contributed by atoms with Crippen molar-refractivity contribution in [2.75, 3.05) is 0 Å². The summed E-state index contributed by atoms with van der Waals surface area (Å²) in [4.78, 5) is 0. The number of hydrogen-bond acceptors (Lipinski definition) is 0. The van der Waals surface area contributed by atoms with Crippen molar-refractivity contribution in [2.24, 2.45) is 0 Å². The third kappa shape index (κ3) is 6.68. The normalized spacial score (nSPS) is 12.6. The number of hydrogen-bond donors (Lipinski definition) is 0. The Labute approximate surface area is 109 Å². The summed E-state index contributed by atoms with van der Waals surface area (Å²) in [6.07, 6.45) is 8.30. The quantitative estimate of drug-likeness (QED) is 0.435. The van der Waals surface area contributed by atoms with Crippen molar-refractivity contribution in [3.05, 3.63) is 35.6 Å². The summed E-state index contributed by atoms with van der Waals surface area (Å²) in [5, 5.41) is 0.182. The van der Waals surface area contributed by atoms with Gasteiger partial charge in [0.15, 0.2) is 0 Å². The van der Waals surface area contributed by atoms with E-state index in [9.17, 15) is 4.39 Å². The second kappa shape index (κ2) is 8.52. The molecule has 0 amide bonds. The van der Waals surface area contributed by atoms with E-state index < -0.39 is 0 Å². The molecule has 0 aliphatic rings. The van der Waals surface area contributed by atoms with Crippen LogP contribution in [0, 0.1) is 5.82 Å². The van der Waals surface area contributed by atoms with Crippen molar-refractivity contribution in [1.82, 2.24) is 0 Å².